The number of thiophene rings is 1. The zero-order valence-electron chi connectivity index (χ0n) is 21.6. The minimum atomic E-state index is -0.110. The summed E-state index contributed by atoms with van der Waals surface area (Å²) in [6.45, 7) is 11.6. The van der Waals surface area contributed by atoms with Crippen molar-refractivity contribution in [3.05, 3.63) is 53.7 Å². The van der Waals surface area contributed by atoms with Gasteiger partial charge in [-0.2, -0.15) is 5.10 Å². The molecule has 0 aromatic carbocycles. The molecule has 5 heterocycles. The Bertz CT molecular complexity index is 1340. The summed E-state index contributed by atoms with van der Waals surface area (Å²) in [4.78, 5) is 28.8. The van der Waals surface area contributed by atoms with Crippen molar-refractivity contribution < 1.29 is 9.53 Å². The van der Waals surface area contributed by atoms with E-state index < -0.39 is 0 Å². The van der Waals surface area contributed by atoms with E-state index >= 15 is 0 Å². The molecule has 1 atom stereocenters. The number of fused-ring (bicyclic) bond motifs is 1. The van der Waals surface area contributed by atoms with Gasteiger partial charge in [0.25, 0.3) is 5.91 Å². The van der Waals surface area contributed by atoms with Crippen molar-refractivity contribution in [2.75, 3.05) is 50.8 Å². The highest BCUT2D eigenvalue weighted by Gasteiger charge is 2.20. The fourth-order valence-corrected chi connectivity index (χ4v) is 5.36. The molecule has 0 aliphatic carbocycles. The zero-order valence-corrected chi connectivity index (χ0v) is 22.4. The Balaban J connectivity index is 1.50. The topological polar surface area (TPSA) is 87.9 Å². The molecule has 4 aromatic heterocycles. The normalized spacial score (nSPS) is 14.9. The number of pyridine rings is 1. The van der Waals surface area contributed by atoms with E-state index in [-0.39, 0.29) is 11.9 Å². The van der Waals surface area contributed by atoms with Gasteiger partial charge in [0.05, 0.1) is 41.2 Å². The van der Waals surface area contributed by atoms with E-state index in [0.717, 1.165) is 48.1 Å². The Morgan fingerprint density at radius 2 is 1.97 bits per heavy atom. The average molecular weight is 520 g/mol. The second-order valence-corrected chi connectivity index (χ2v) is 10.0. The molecule has 0 saturated carbocycles. The summed E-state index contributed by atoms with van der Waals surface area (Å²) >= 11 is 1.65. The number of rotatable bonds is 9. The molecule has 0 spiro atoms. The molecular formula is C27H33N7O2S. The second-order valence-electron chi connectivity index (χ2n) is 9.10. The number of aromatic nitrogens is 4. The molecule has 4 aromatic rings. The maximum absolute atomic E-state index is 13.3. The SMILES string of the molecule is CCN(CC)C(C)CNC(=O)c1cc(-c2cnn3ccc(-c4cccs4)nc23)nc(N2CCOCC2)c1. The minimum absolute atomic E-state index is 0.110. The smallest absolute Gasteiger partial charge is 0.251 e. The molecular weight excluding hydrogens is 486 g/mol. The number of ether oxygens (including phenoxy) is 1. The largest absolute Gasteiger partial charge is 0.378 e. The summed E-state index contributed by atoms with van der Waals surface area (Å²) in [5.74, 6) is 0.650. The highest BCUT2D eigenvalue weighted by molar-refractivity contribution is 7.13. The van der Waals surface area contributed by atoms with Crippen LogP contribution in [0.1, 0.15) is 31.1 Å². The summed E-state index contributed by atoms with van der Waals surface area (Å²) in [5, 5.41) is 9.68. The molecule has 1 aliphatic heterocycles. The van der Waals surface area contributed by atoms with Gasteiger partial charge in [-0.3, -0.25) is 9.69 Å². The monoisotopic (exact) mass is 519 g/mol. The van der Waals surface area contributed by atoms with Gasteiger partial charge in [0.2, 0.25) is 0 Å². The van der Waals surface area contributed by atoms with Crippen molar-refractivity contribution in [1.82, 2.24) is 29.8 Å². The highest BCUT2D eigenvalue weighted by Crippen LogP contribution is 2.29. The maximum Gasteiger partial charge on any atom is 0.251 e. The highest BCUT2D eigenvalue weighted by atomic mass is 32.1. The molecule has 10 heteroatoms. The lowest BCUT2D eigenvalue weighted by Crippen LogP contribution is -2.42. The molecule has 37 heavy (non-hydrogen) atoms. The van der Waals surface area contributed by atoms with Gasteiger partial charge in [0.15, 0.2) is 5.65 Å². The van der Waals surface area contributed by atoms with Gasteiger partial charge in [-0.25, -0.2) is 14.5 Å². The van der Waals surface area contributed by atoms with E-state index in [4.69, 9.17) is 14.7 Å². The molecule has 1 N–H and O–H groups in total. The third-order valence-electron chi connectivity index (χ3n) is 6.82. The van der Waals surface area contributed by atoms with Crippen molar-refractivity contribution in [1.29, 1.82) is 0 Å². The van der Waals surface area contributed by atoms with Gasteiger partial charge >= 0.3 is 0 Å². The lowest BCUT2D eigenvalue weighted by Gasteiger charge is -2.28. The number of anilines is 1. The second kappa shape index (κ2) is 11.4. The van der Waals surface area contributed by atoms with Gasteiger partial charge in [0, 0.05) is 37.4 Å². The fourth-order valence-electron chi connectivity index (χ4n) is 4.67. The Hall–Kier alpha value is -3.34. The van der Waals surface area contributed by atoms with Crippen LogP contribution in [0.25, 0.3) is 27.5 Å². The number of nitrogens with zero attached hydrogens (tertiary/aromatic N) is 6. The number of hydrogen-bond donors (Lipinski definition) is 1. The predicted molar refractivity (Wildman–Crippen MR) is 147 cm³/mol. The van der Waals surface area contributed by atoms with E-state index in [9.17, 15) is 4.79 Å². The molecule has 1 fully saturated rings. The van der Waals surface area contributed by atoms with Gasteiger partial charge in [-0.1, -0.05) is 19.9 Å². The number of carbonyl (C=O) groups excluding carboxylic acids is 1. The molecule has 194 valence electrons. The molecule has 1 aliphatic rings. The zero-order chi connectivity index (χ0) is 25.8. The first kappa shape index (κ1) is 25.3. The molecule has 9 nitrogen and oxygen atoms in total. The van der Waals surface area contributed by atoms with Gasteiger partial charge in [0.1, 0.15) is 5.82 Å². The van der Waals surface area contributed by atoms with Crippen LogP contribution in [0.4, 0.5) is 5.82 Å². The summed E-state index contributed by atoms with van der Waals surface area (Å²) in [7, 11) is 0. The van der Waals surface area contributed by atoms with Gasteiger partial charge in [-0.05, 0) is 49.7 Å². The number of hydrogen-bond acceptors (Lipinski definition) is 8. The van der Waals surface area contributed by atoms with Crippen LogP contribution < -0.4 is 10.2 Å². The van der Waals surface area contributed by atoms with Crippen molar-refractivity contribution in [3.8, 4) is 21.8 Å². The van der Waals surface area contributed by atoms with Crippen LogP contribution >= 0.6 is 11.3 Å². The van der Waals surface area contributed by atoms with Crippen LogP contribution in [0.15, 0.2) is 48.1 Å². The van der Waals surface area contributed by atoms with Crippen molar-refractivity contribution in [3.63, 3.8) is 0 Å². The van der Waals surface area contributed by atoms with Crippen LogP contribution in [0, 0.1) is 0 Å². The minimum Gasteiger partial charge on any atom is -0.378 e. The van der Waals surface area contributed by atoms with E-state index in [1.54, 1.807) is 22.0 Å². The molecule has 1 unspecified atom stereocenters. The summed E-state index contributed by atoms with van der Waals surface area (Å²) < 4.78 is 7.29. The molecule has 1 saturated heterocycles. The summed E-state index contributed by atoms with van der Waals surface area (Å²) in [6, 6.07) is 10.0. The number of amides is 1. The lowest BCUT2D eigenvalue weighted by atomic mass is 10.1. The molecule has 5 rings (SSSR count). The number of carbonyl (C=O) groups is 1. The van der Waals surface area contributed by atoms with E-state index in [2.05, 4.69) is 47.1 Å². The average Bonchev–Trinajstić information content (AvgIpc) is 3.63. The van der Waals surface area contributed by atoms with Gasteiger partial charge < -0.3 is 15.0 Å². The van der Waals surface area contributed by atoms with Crippen molar-refractivity contribution in [2.45, 2.75) is 26.8 Å². The van der Waals surface area contributed by atoms with Crippen LogP contribution in [-0.2, 0) is 4.74 Å². The number of likely N-dealkylation sites (N-methyl/N-ethyl adjacent to an activating group) is 1. The van der Waals surface area contributed by atoms with Crippen molar-refractivity contribution >= 4 is 28.7 Å². The van der Waals surface area contributed by atoms with Gasteiger partial charge in [-0.15, -0.1) is 11.3 Å². The first-order chi connectivity index (χ1) is 18.1. The predicted octanol–water partition coefficient (Wildman–Crippen LogP) is 3.82. The standard InChI is InChI=1S/C27H33N7O2S/c1-4-32(5-2)19(3)17-28-27(35)20-15-23(30-25(16-20)33-10-12-36-13-11-33)21-18-29-34-9-8-22(31-26(21)34)24-7-6-14-37-24/h6-9,14-16,18-19H,4-5,10-13,17H2,1-3H3,(H,28,35). The third kappa shape index (κ3) is 5.51. The van der Waals surface area contributed by atoms with Crippen LogP contribution in [0.3, 0.4) is 0 Å². The maximum atomic E-state index is 13.3. The Morgan fingerprint density at radius 3 is 2.70 bits per heavy atom. The Kier molecular flexibility index (Phi) is 7.78. The van der Waals surface area contributed by atoms with E-state index in [1.807, 2.05) is 35.8 Å². The Morgan fingerprint density at radius 1 is 1.16 bits per heavy atom. The first-order valence-electron chi connectivity index (χ1n) is 12.8. The first-order valence-corrected chi connectivity index (χ1v) is 13.7. The third-order valence-corrected chi connectivity index (χ3v) is 7.71. The Labute approximate surface area is 221 Å². The van der Waals surface area contributed by atoms with Crippen molar-refractivity contribution in [2.24, 2.45) is 0 Å². The van der Waals surface area contributed by atoms with Crippen LogP contribution in [-0.4, -0.2) is 82.4 Å². The van der Waals surface area contributed by atoms with E-state index in [1.165, 1.54) is 0 Å². The summed E-state index contributed by atoms with van der Waals surface area (Å²) in [5.41, 5.74) is 3.64. The lowest BCUT2D eigenvalue weighted by molar-refractivity contribution is 0.0938. The fraction of sp³-hybridized carbons (Fsp3) is 0.407. The number of nitrogens with one attached hydrogen (secondary N) is 1. The van der Waals surface area contributed by atoms with E-state index in [0.29, 0.717) is 36.7 Å². The molecule has 0 bridgehead atoms. The number of morpholine rings is 1. The van der Waals surface area contributed by atoms with Crippen LogP contribution in [0.5, 0.6) is 0 Å². The molecule has 1 amide bonds. The summed E-state index contributed by atoms with van der Waals surface area (Å²) in [6.07, 6.45) is 3.69. The van der Waals surface area contributed by atoms with Crippen LogP contribution in [0.2, 0.25) is 0 Å². The molecule has 0 radical (unpaired) electrons. The quantitative estimate of drug-likeness (QED) is 0.360.